The second-order valence-electron chi connectivity index (χ2n) is 7.02. The minimum atomic E-state index is -0.499. The van der Waals surface area contributed by atoms with Crippen molar-refractivity contribution in [3.8, 4) is 5.69 Å². The molecule has 0 atom stereocenters. The first-order valence-electron chi connectivity index (χ1n) is 9.77. The van der Waals surface area contributed by atoms with Crippen molar-refractivity contribution < 1.29 is 9.72 Å². The first kappa shape index (κ1) is 22.5. The smallest absolute Gasteiger partial charge is 0.269 e. The number of nitro groups is 1. The van der Waals surface area contributed by atoms with Crippen LogP contribution in [0.4, 0.5) is 11.4 Å². The molecule has 8 nitrogen and oxygen atoms in total. The van der Waals surface area contributed by atoms with Gasteiger partial charge in [0.25, 0.3) is 11.2 Å². The van der Waals surface area contributed by atoms with Gasteiger partial charge in [0.05, 0.1) is 32.3 Å². The molecule has 0 unspecified atom stereocenters. The summed E-state index contributed by atoms with van der Waals surface area (Å²) >= 11 is 7.47. The minimum Gasteiger partial charge on any atom is -0.315 e. The van der Waals surface area contributed by atoms with Crippen molar-refractivity contribution in [1.82, 2.24) is 9.55 Å². The molecule has 0 spiro atoms. The molecule has 0 bridgehead atoms. The van der Waals surface area contributed by atoms with Gasteiger partial charge in [-0.15, -0.1) is 0 Å². The summed E-state index contributed by atoms with van der Waals surface area (Å²) < 4.78 is 1.41. The van der Waals surface area contributed by atoms with Gasteiger partial charge in [0.2, 0.25) is 5.91 Å². The van der Waals surface area contributed by atoms with E-state index < -0.39 is 4.92 Å². The Bertz CT molecular complexity index is 1420. The van der Waals surface area contributed by atoms with Crippen LogP contribution in [0.25, 0.3) is 16.6 Å². The monoisotopic (exact) mass is 480 g/mol. The lowest BCUT2D eigenvalue weighted by atomic mass is 10.2. The molecule has 0 aliphatic carbocycles. The lowest BCUT2D eigenvalue weighted by molar-refractivity contribution is -0.384. The number of non-ortho nitro benzene ring substituents is 1. The summed E-state index contributed by atoms with van der Waals surface area (Å²) in [4.78, 5) is 42.5. The topological polar surface area (TPSA) is 98.3 Å². The predicted octanol–water partition coefficient (Wildman–Crippen LogP) is 4.70. The van der Waals surface area contributed by atoms with Gasteiger partial charge in [-0.25, -0.2) is 4.98 Å². The van der Waals surface area contributed by atoms with Crippen LogP contribution in [0.15, 0.2) is 82.7 Å². The first-order chi connectivity index (χ1) is 15.9. The van der Waals surface area contributed by atoms with Crippen LogP contribution in [0, 0.1) is 10.1 Å². The summed E-state index contributed by atoms with van der Waals surface area (Å²) in [5, 5.41) is 12.0. The molecule has 0 fully saturated rings. The molecule has 166 valence electrons. The molecule has 1 aromatic heterocycles. The van der Waals surface area contributed by atoms with Crippen LogP contribution in [0.2, 0.25) is 5.02 Å². The largest absolute Gasteiger partial charge is 0.315 e. The Morgan fingerprint density at radius 2 is 1.76 bits per heavy atom. The highest BCUT2D eigenvalue weighted by atomic mass is 35.5. The molecular weight excluding hydrogens is 464 g/mol. The molecule has 3 aromatic carbocycles. The SMILES string of the molecule is CN(C(=O)CSc1nc2ccccc2c(=O)n1-c1ccccc1Cl)c1ccc([N+](=O)[O-])cc1. The number of amides is 1. The van der Waals surface area contributed by atoms with Crippen molar-refractivity contribution in [2.45, 2.75) is 5.16 Å². The number of thioether (sulfide) groups is 1. The molecule has 4 rings (SSSR count). The molecule has 1 heterocycles. The van der Waals surface area contributed by atoms with Gasteiger partial charge in [-0.3, -0.25) is 24.3 Å². The number of rotatable bonds is 6. The molecule has 0 radical (unpaired) electrons. The van der Waals surface area contributed by atoms with Gasteiger partial charge in [0.15, 0.2) is 5.16 Å². The Morgan fingerprint density at radius 3 is 2.45 bits per heavy atom. The molecule has 4 aromatic rings. The average molecular weight is 481 g/mol. The van der Waals surface area contributed by atoms with Crippen LogP contribution >= 0.6 is 23.4 Å². The number of halogens is 1. The third-order valence-corrected chi connectivity index (χ3v) is 6.23. The van der Waals surface area contributed by atoms with Crippen LogP contribution in [-0.4, -0.2) is 33.2 Å². The van der Waals surface area contributed by atoms with E-state index in [0.29, 0.717) is 32.5 Å². The van der Waals surface area contributed by atoms with Gasteiger partial charge < -0.3 is 4.90 Å². The Hall–Kier alpha value is -3.69. The zero-order valence-corrected chi connectivity index (χ0v) is 18.9. The Balaban J connectivity index is 1.66. The summed E-state index contributed by atoms with van der Waals surface area (Å²) in [7, 11) is 1.58. The zero-order valence-electron chi connectivity index (χ0n) is 17.3. The highest BCUT2D eigenvalue weighted by Crippen LogP contribution is 2.26. The molecule has 0 saturated heterocycles. The summed E-state index contributed by atoms with van der Waals surface area (Å²) in [6.07, 6.45) is 0. The number of anilines is 1. The van der Waals surface area contributed by atoms with Crippen LogP contribution in [-0.2, 0) is 4.79 Å². The minimum absolute atomic E-state index is 0.0112. The van der Waals surface area contributed by atoms with Crippen molar-refractivity contribution in [3.05, 3.63) is 98.3 Å². The number of hydrogen-bond donors (Lipinski definition) is 0. The number of aromatic nitrogens is 2. The fourth-order valence-electron chi connectivity index (χ4n) is 3.22. The molecular formula is C23H17ClN4O4S. The van der Waals surface area contributed by atoms with Gasteiger partial charge >= 0.3 is 0 Å². The molecule has 10 heteroatoms. The molecule has 0 aliphatic rings. The van der Waals surface area contributed by atoms with Crippen molar-refractivity contribution in [3.63, 3.8) is 0 Å². The Labute approximate surface area is 197 Å². The maximum absolute atomic E-state index is 13.3. The highest BCUT2D eigenvalue weighted by Gasteiger charge is 2.18. The van der Waals surface area contributed by atoms with Gasteiger partial charge in [0, 0.05) is 24.9 Å². The number of nitro benzene ring substituents is 1. The number of para-hydroxylation sites is 2. The van der Waals surface area contributed by atoms with Gasteiger partial charge in [-0.05, 0) is 36.4 Å². The second kappa shape index (κ2) is 9.43. The van der Waals surface area contributed by atoms with Crippen LogP contribution in [0.5, 0.6) is 0 Å². The average Bonchev–Trinajstić information content (AvgIpc) is 2.83. The van der Waals surface area contributed by atoms with Crippen LogP contribution in [0.1, 0.15) is 0 Å². The highest BCUT2D eigenvalue weighted by molar-refractivity contribution is 7.99. The second-order valence-corrected chi connectivity index (χ2v) is 8.37. The van der Waals surface area contributed by atoms with E-state index in [1.54, 1.807) is 55.6 Å². The predicted molar refractivity (Wildman–Crippen MR) is 130 cm³/mol. The fraction of sp³-hybridized carbons (Fsp3) is 0.0870. The summed E-state index contributed by atoms with van der Waals surface area (Å²) in [5.74, 6) is -0.273. The number of fused-ring (bicyclic) bond motifs is 1. The van der Waals surface area contributed by atoms with Crippen molar-refractivity contribution >= 4 is 51.5 Å². The number of carbonyl (C=O) groups excluding carboxylic acids is 1. The van der Waals surface area contributed by atoms with E-state index in [4.69, 9.17) is 11.6 Å². The summed E-state index contributed by atoms with van der Waals surface area (Å²) in [6, 6.07) is 19.6. The van der Waals surface area contributed by atoms with Gasteiger partial charge in [0.1, 0.15) is 0 Å². The van der Waals surface area contributed by atoms with Crippen LogP contribution < -0.4 is 10.5 Å². The number of benzene rings is 3. The summed E-state index contributed by atoms with van der Waals surface area (Å²) in [6.45, 7) is 0. The van der Waals surface area contributed by atoms with E-state index in [-0.39, 0.29) is 22.9 Å². The molecule has 1 amide bonds. The van der Waals surface area contributed by atoms with Gasteiger partial charge in [-0.2, -0.15) is 0 Å². The van der Waals surface area contributed by atoms with Crippen molar-refractivity contribution in [1.29, 1.82) is 0 Å². The van der Waals surface area contributed by atoms with Crippen molar-refractivity contribution in [2.24, 2.45) is 0 Å². The van der Waals surface area contributed by atoms with Crippen molar-refractivity contribution in [2.75, 3.05) is 17.7 Å². The lowest BCUT2D eigenvalue weighted by Gasteiger charge is -2.18. The van der Waals surface area contributed by atoms with Crippen LogP contribution in [0.3, 0.4) is 0 Å². The molecule has 0 N–H and O–H groups in total. The third-order valence-electron chi connectivity index (χ3n) is 4.98. The number of carbonyl (C=O) groups is 1. The Kier molecular flexibility index (Phi) is 6.43. The van der Waals surface area contributed by atoms with E-state index in [2.05, 4.69) is 4.98 Å². The lowest BCUT2D eigenvalue weighted by Crippen LogP contribution is -2.28. The Morgan fingerprint density at radius 1 is 1.09 bits per heavy atom. The van der Waals surface area contributed by atoms with E-state index in [0.717, 1.165) is 11.8 Å². The van der Waals surface area contributed by atoms with Gasteiger partial charge in [-0.1, -0.05) is 47.6 Å². The normalized spacial score (nSPS) is 10.8. The molecule has 0 aliphatic heterocycles. The number of hydrogen-bond acceptors (Lipinski definition) is 6. The van der Waals surface area contributed by atoms with E-state index in [1.165, 1.54) is 33.7 Å². The zero-order chi connectivity index (χ0) is 23.5. The fourth-order valence-corrected chi connectivity index (χ4v) is 4.36. The first-order valence-corrected chi connectivity index (χ1v) is 11.1. The quantitative estimate of drug-likeness (QED) is 0.172. The third kappa shape index (κ3) is 4.59. The van der Waals surface area contributed by atoms with E-state index in [9.17, 15) is 19.7 Å². The summed E-state index contributed by atoms with van der Waals surface area (Å²) in [5.41, 5.74) is 1.16. The molecule has 33 heavy (non-hydrogen) atoms. The maximum Gasteiger partial charge on any atom is 0.269 e. The molecule has 0 saturated carbocycles. The maximum atomic E-state index is 13.3. The number of nitrogens with zero attached hydrogens (tertiary/aromatic N) is 4. The van der Waals surface area contributed by atoms with E-state index in [1.807, 2.05) is 0 Å². The van der Waals surface area contributed by atoms with E-state index >= 15 is 0 Å². The standard InChI is InChI=1S/C23H17ClN4O4S/c1-26(15-10-12-16(13-11-15)28(31)32)21(29)14-33-23-25-19-8-4-2-6-17(19)22(30)27(23)20-9-5-3-7-18(20)24/h2-13H,14H2,1H3.